The van der Waals surface area contributed by atoms with E-state index in [1.807, 2.05) is 17.8 Å². The van der Waals surface area contributed by atoms with Crippen molar-refractivity contribution in [2.45, 2.75) is 31.4 Å². The Hall–Kier alpha value is -2.77. The van der Waals surface area contributed by atoms with Gasteiger partial charge in [0, 0.05) is 9.32 Å². The molecule has 5 rings (SSSR count). The molecule has 0 aromatic heterocycles. The van der Waals surface area contributed by atoms with Gasteiger partial charge in [-0.1, -0.05) is 79.0 Å². The van der Waals surface area contributed by atoms with Crippen LogP contribution in [0.25, 0.3) is 0 Å². The van der Waals surface area contributed by atoms with Crippen LogP contribution in [0.4, 0.5) is 0 Å². The summed E-state index contributed by atoms with van der Waals surface area (Å²) in [5, 5.41) is 0. The van der Waals surface area contributed by atoms with Gasteiger partial charge in [-0.25, -0.2) is 0 Å². The Morgan fingerprint density at radius 3 is 1.88 bits per heavy atom. The van der Waals surface area contributed by atoms with Crippen LogP contribution in [0.3, 0.4) is 0 Å². The van der Waals surface area contributed by atoms with Crippen LogP contribution < -0.4 is 0 Å². The molecule has 0 spiro atoms. The lowest BCUT2D eigenvalue weighted by Crippen LogP contribution is -2.07. The highest BCUT2D eigenvalue weighted by Gasteiger charge is 2.30. The Labute approximate surface area is 265 Å². The van der Waals surface area contributed by atoms with Gasteiger partial charge in [-0.2, -0.15) is 0 Å². The zero-order chi connectivity index (χ0) is 28.3. The molecule has 0 nitrogen and oxygen atoms in total. The molecule has 4 heteroatoms. The van der Waals surface area contributed by atoms with Crippen molar-refractivity contribution in [1.82, 2.24) is 0 Å². The first-order chi connectivity index (χ1) is 20.2. The molecule has 1 atom stereocenters. The number of hydrogen-bond acceptors (Lipinski definition) is 1. The van der Waals surface area contributed by atoms with Gasteiger partial charge in [0.15, 0.2) is 29.4 Å². The lowest BCUT2D eigenvalue weighted by atomic mass is 10.4. The van der Waals surface area contributed by atoms with E-state index in [1.165, 1.54) is 43.6 Å². The summed E-state index contributed by atoms with van der Waals surface area (Å²) in [4.78, 5) is 10.4. The number of hydrogen-bond donors (Lipinski definition) is 0. The molecular weight excluding hydrogens is 668 g/mol. The fourth-order valence-corrected chi connectivity index (χ4v) is 11.0. The summed E-state index contributed by atoms with van der Waals surface area (Å²) >= 11 is 1.93. The summed E-state index contributed by atoms with van der Waals surface area (Å²) in [7, 11) is -0.309. The third-order valence-electron chi connectivity index (χ3n) is 6.21. The summed E-state index contributed by atoms with van der Waals surface area (Å²) in [5.41, 5.74) is 0. The molecule has 41 heavy (non-hydrogen) atoms. The number of allylic oxidation sites excluding steroid dienone is 7. The fraction of sp³-hybridized carbons (Fsp3) is 0.0541. The molecule has 0 radical (unpaired) electrons. The predicted molar refractivity (Wildman–Crippen MR) is 194 cm³/mol. The molecule has 0 saturated carbocycles. The number of rotatable bonds is 10. The van der Waals surface area contributed by atoms with Gasteiger partial charge in [0.25, 0.3) is 0 Å². The minimum Gasteiger partial charge on any atom is -0.118 e. The zero-order valence-electron chi connectivity index (χ0n) is 23.0. The minimum absolute atomic E-state index is 0.114. The largest absolute Gasteiger partial charge is 0.166 e. The van der Waals surface area contributed by atoms with Gasteiger partial charge in [0.1, 0.15) is 0 Å². The summed E-state index contributed by atoms with van der Waals surface area (Å²) in [6.45, 7) is 6.40. The van der Waals surface area contributed by atoms with E-state index in [0.29, 0.717) is 0 Å². The van der Waals surface area contributed by atoms with Gasteiger partial charge in [-0.05, 0) is 107 Å². The van der Waals surface area contributed by atoms with E-state index < -0.39 is 0 Å². The summed E-state index contributed by atoms with van der Waals surface area (Å²) in [6, 6.07) is 41.6. The molecule has 0 N–H and O–H groups in total. The fourth-order valence-electron chi connectivity index (χ4n) is 4.33. The molecule has 1 unspecified atom stereocenters. The monoisotopic (exact) mass is 700 g/mol. The highest BCUT2D eigenvalue weighted by molar-refractivity contribution is 14.2. The van der Waals surface area contributed by atoms with Crippen molar-refractivity contribution in [2.24, 2.45) is 0 Å². The van der Waals surface area contributed by atoms with E-state index in [4.69, 9.17) is 0 Å². The molecule has 4 aromatic carbocycles. The predicted octanol–water partition coefficient (Wildman–Crippen LogP) is 10.8. The van der Waals surface area contributed by atoms with Crippen molar-refractivity contribution in [1.29, 1.82) is 0 Å². The summed E-state index contributed by atoms with van der Waals surface area (Å²) < 4.78 is 3.60. The minimum atomic E-state index is -0.180. The molecule has 1 aliphatic heterocycles. The molecule has 4 aromatic rings. The van der Waals surface area contributed by atoms with Gasteiger partial charge in [0.2, 0.25) is 0 Å². The average molecular weight is 701 g/mol. The van der Waals surface area contributed by atoms with Crippen LogP contribution in [0.2, 0.25) is 0 Å². The maximum absolute atomic E-state index is 4.21. The smallest absolute Gasteiger partial charge is 0.118 e. The highest BCUT2D eigenvalue weighted by atomic mass is 127. The number of thioether (sulfide) groups is 1. The standard InChI is InChI=1S/C37H33IS3/c1-3-32(40(33-14-7-4-8-15-33)36-20-13-28-38-29-27-36)24-21-30(2)39-31-22-25-37(26-23-31)41(34-16-9-5-10-17-34)35-18-11-6-12-19-35/h3-27,29H,1,28H2,2H3/q+2/b30-21+,32-24+. The van der Waals surface area contributed by atoms with Crippen molar-refractivity contribution in [3.8, 4) is 0 Å². The van der Waals surface area contributed by atoms with Crippen molar-refractivity contribution < 1.29 is 0 Å². The lowest BCUT2D eigenvalue weighted by molar-refractivity contribution is 1.29. The molecule has 1 heterocycles. The van der Waals surface area contributed by atoms with Crippen LogP contribution in [-0.4, -0.2) is 8.44 Å². The maximum atomic E-state index is 4.21. The van der Waals surface area contributed by atoms with Crippen LogP contribution in [0.15, 0.2) is 197 Å². The van der Waals surface area contributed by atoms with Crippen LogP contribution >= 0.6 is 32.5 Å². The van der Waals surface area contributed by atoms with Crippen molar-refractivity contribution in [3.05, 3.63) is 173 Å². The third kappa shape index (κ3) is 8.16. The Morgan fingerprint density at radius 1 is 0.732 bits per heavy atom. The summed E-state index contributed by atoms with van der Waals surface area (Å²) in [5.74, 6) is 0. The molecule has 0 aliphatic carbocycles. The quantitative estimate of drug-likeness (QED) is 0.0522. The van der Waals surface area contributed by atoms with E-state index in [-0.39, 0.29) is 42.5 Å². The average Bonchev–Trinajstić information content (AvgIpc) is 3.31. The van der Waals surface area contributed by atoms with Gasteiger partial charge in [0.05, 0.1) is 21.8 Å². The molecule has 1 aliphatic rings. The lowest BCUT2D eigenvalue weighted by Gasteiger charge is -2.09. The second-order valence-electron chi connectivity index (χ2n) is 9.08. The van der Waals surface area contributed by atoms with Crippen LogP contribution in [0.1, 0.15) is 6.92 Å². The molecule has 204 valence electrons. The van der Waals surface area contributed by atoms with Gasteiger partial charge in [-0.15, -0.1) is 20.7 Å². The molecule has 0 fully saturated rings. The second kappa shape index (κ2) is 15.5. The Morgan fingerprint density at radius 2 is 1.29 bits per heavy atom. The zero-order valence-corrected chi connectivity index (χ0v) is 27.6. The van der Waals surface area contributed by atoms with Crippen LogP contribution in [0, 0.1) is 0 Å². The van der Waals surface area contributed by atoms with Crippen molar-refractivity contribution >= 4 is 58.3 Å². The van der Waals surface area contributed by atoms with Crippen molar-refractivity contribution in [2.75, 3.05) is 4.43 Å². The third-order valence-corrected chi connectivity index (χ3v) is 13.5. The second-order valence-corrected chi connectivity index (χ2v) is 16.9. The SMILES string of the molecule is C=C/C(=C\C=C(/C)Sc1ccc([S+](c2ccccc2)c2ccccc2)cc1)[S+](C1=CC=ICC=C1)c1ccccc1. The van der Waals surface area contributed by atoms with Gasteiger partial charge >= 0.3 is 0 Å². The maximum Gasteiger partial charge on any atom is 0.166 e. The molecule has 0 amide bonds. The van der Waals surface area contributed by atoms with Crippen LogP contribution in [0.5, 0.6) is 0 Å². The molecular formula is C37H33IS3+2. The highest BCUT2D eigenvalue weighted by Crippen LogP contribution is 2.35. The van der Waals surface area contributed by atoms with E-state index in [1.54, 1.807) is 0 Å². The van der Waals surface area contributed by atoms with E-state index in [9.17, 15) is 0 Å². The number of benzene rings is 4. The first-order valence-electron chi connectivity index (χ1n) is 13.4. The topological polar surface area (TPSA) is 0 Å². The molecule has 0 bridgehead atoms. The van der Waals surface area contributed by atoms with E-state index in [0.717, 1.165) is 0 Å². The Kier molecular flexibility index (Phi) is 11.2. The normalized spacial score (nSPS) is 14.6. The first kappa shape index (κ1) is 29.7. The summed E-state index contributed by atoms with van der Waals surface area (Å²) in [6.07, 6.45) is 13.5. The Bertz CT molecular complexity index is 1540. The Balaban J connectivity index is 1.38. The number of halogens is 1. The van der Waals surface area contributed by atoms with E-state index >= 15 is 0 Å². The van der Waals surface area contributed by atoms with Crippen LogP contribution in [-0.2, 0) is 21.8 Å². The van der Waals surface area contributed by atoms with E-state index in [2.05, 4.69) is 163 Å². The number of alkyl halides is 1. The van der Waals surface area contributed by atoms with Gasteiger partial charge < -0.3 is 0 Å². The first-order valence-corrected chi connectivity index (χ1v) is 19.5. The van der Waals surface area contributed by atoms with Crippen molar-refractivity contribution in [3.63, 3.8) is 0 Å². The van der Waals surface area contributed by atoms with Gasteiger partial charge in [-0.3, -0.25) is 0 Å². The molecule has 0 saturated heterocycles.